The van der Waals surface area contributed by atoms with Gasteiger partial charge < -0.3 is 10.1 Å². The molecule has 0 radical (unpaired) electrons. The first-order valence-electron chi connectivity index (χ1n) is 8.43. The van der Waals surface area contributed by atoms with Crippen LogP contribution in [0.1, 0.15) is 16.1 Å². The minimum Gasteiger partial charge on any atom is -0.489 e. The van der Waals surface area contributed by atoms with Gasteiger partial charge >= 0.3 is 6.03 Å². The molecule has 2 heterocycles. The summed E-state index contributed by atoms with van der Waals surface area (Å²) < 4.78 is 18.7. The van der Waals surface area contributed by atoms with Crippen LogP contribution in [0.15, 0.2) is 48.8 Å². The van der Waals surface area contributed by atoms with Crippen LogP contribution in [0.4, 0.5) is 14.3 Å². The number of hydrogen-bond acceptors (Lipinski definition) is 5. The zero-order valence-corrected chi connectivity index (χ0v) is 15.8. The van der Waals surface area contributed by atoms with Gasteiger partial charge in [0, 0.05) is 18.0 Å². The summed E-state index contributed by atoms with van der Waals surface area (Å²) in [7, 11) is 0. The van der Waals surface area contributed by atoms with E-state index >= 15 is 0 Å². The van der Waals surface area contributed by atoms with E-state index in [4.69, 9.17) is 4.74 Å². The number of halogens is 1. The Morgan fingerprint density at radius 3 is 2.79 bits per heavy atom. The number of carbonyl (C=O) groups excluding carboxylic acids is 1. The molecule has 2 aromatic heterocycles. The molecule has 0 saturated heterocycles. The fraction of sp³-hybridized carbons (Fsp3) is 0.150. The van der Waals surface area contributed by atoms with Crippen molar-refractivity contribution < 1.29 is 13.9 Å². The van der Waals surface area contributed by atoms with Crippen LogP contribution in [0.2, 0.25) is 0 Å². The highest BCUT2D eigenvalue weighted by atomic mass is 32.1. The number of nitrogens with one attached hydrogen (secondary N) is 2. The Bertz CT molecular complexity index is 1010. The average molecular weight is 396 g/mol. The predicted octanol–water partition coefficient (Wildman–Crippen LogP) is 3.59. The lowest BCUT2D eigenvalue weighted by Gasteiger charge is -2.08. The molecule has 6 nitrogen and oxygen atoms in total. The number of aromatic nitrogens is 2. The molecule has 0 fully saturated rings. The van der Waals surface area contributed by atoms with Crippen molar-refractivity contribution >= 4 is 22.5 Å². The Morgan fingerprint density at radius 2 is 2.00 bits per heavy atom. The van der Waals surface area contributed by atoms with Crippen LogP contribution in [0.5, 0.6) is 5.75 Å². The second-order valence-electron chi connectivity index (χ2n) is 5.58. The highest BCUT2D eigenvalue weighted by Crippen LogP contribution is 2.21. The van der Waals surface area contributed by atoms with E-state index in [-0.39, 0.29) is 18.9 Å². The van der Waals surface area contributed by atoms with E-state index < -0.39 is 11.8 Å². The zero-order valence-electron chi connectivity index (χ0n) is 15.0. The van der Waals surface area contributed by atoms with Crippen LogP contribution < -0.4 is 15.4 Å². The van der Waals surface area contributed by atoms with Crippen LogP contribution in [-0.4, -0.2) is 29.2 Å². The van der Waals surface area contributed by atoms with Gasteiger partial charge in [-0.1, -0.05) is 29.4 Å². The van der Waals surface area contributed by atoms with E-state index in [2.05, 4.69) is 32.4 Å². The van der Waals surface area contributed by atoms with Gasteiger partial charge in [0.1, 0.15) is 11.5 Å². The summed E-state index contributed by atoms with van der Waals surface area (Å²) in [5.74, 6) is 5.80. The van der Waals surface area contributed by atoms with Crippen molar-refractivity contribution in [3.8, 4) is 17.6 Å². The standard InChI is InChI=1S/C20H17FN4O2S/c1-14-18(7-6-15-8-10-22-11-9-15)28-20(24-14)25-19(26)23-12-13-27-17-5-3-2-4-16(17)21/h2-5,8-11H,12-13H2,1H3,(H2,23,24,25,26). The average Bonchev–Trinajstić information content (AvgIpc) is 3.04. The maximum absolute atomic E-state index is 13.4. The normalized spacial score (nSPS) is 9.93. The topological polar surface area (TPSA) is 76.1 Å². The number of carbonyl (C=O) groups is 1. The number of amides is 2. The number of para-hydroxylation sites is 1. The minimum atomic E-state index is -0.439. The van der Waals surface area contributed by atoms with Crippen molar-refractivity contribution in [3.63, 3.8) is 0 Å². The summed E-state index contributed by atoms with van der Waals surface area (Å²) >= 11 is 1.29. The summed E-state index contributed by atoms with van der Waals surface area (Å²) in [6.45, 7) is 2.20. The third-order valence-corrected chi connectivity index (χ3v) is 4.49. The van der Waals surface area contributed by atoms with Crippen molar-refractivity contribution in [2.24, 2.45) is 0 Å². The Hall–Kier alpha value is -3.44. The van der Waals surface area contributed by atoms with Crippen LogP contribution in [0, 0.1) is 24.6 Å². The van der Waals surface area contributed by atoms with Gasteiger partial charge in [0.05, 0.1) is 12.2 Å². The lowest BCUT2D eigenvalue weighted by atomic mass is 10.2. The lowest BCUT2D eigenvalue weighted by molar-refractivity contribution is 0.246. The minimum absolute atomic E-state index is 0.147. The molecule has 0 aliphatic carbocycles. The van der Waals surface area contributed by atoms with Crippen molar-refractivity contribution in [2.75, 3.05) is 18.5 Å². The van der Waals surface area contributed by atoms with Gasteiger partial charge in [-0.3, -0.25) is 10.3 Å². The molecule has 0 unspecified atom stereocenters. The zero-order chi connectivity index (χ0) is 19.8. The number of ether oxygens (including phenoxy) is 1. The number of hydrogen-bond donors (Lipinski definition) is 2. The molecule has 0 aliphatic heterocycles. The van der Waals surface area contributed by atoms with E-state index in [1.165, 1.54) is 23.5 Å². The molecule has 3 aromatic rings. The number of thiazole rings is 1. The molecule has 0 aliphatic rings. The number of nitrogens with zero attached hydrogens (tertiary/aromatic N) is 2. The van der Waals surface area contributed by atoms with Crippen molar-refractivity contribution in [1.29, 1.82) is 0 Å². The van der Waals surface area contributed by atoms with Gasteiger partial charge in [-0.15, -0.1) is 0 Å². The van der Waals surface area contributed by atoms with E-state index in [0.717, 1.165) is 16.1 Å². The van der Waals surface area contributed by atoms with Gasteiger partial charge in [-0.2, -0.15) is 0 Å². The van der Waals surface area contributed by atoms with E-state index in [1.807, 2.05) is 19.1 Å². The third kappa shape index (κ3) is 5.53. The van der Waals surface area contributed by atoms with Gasteiger partial charge in [-0.25, -0.2) is 14.2 Å². The monoisotopic (exact) mass is 396 g/mol. The lowest BCUT2D eigenvalue weighted by Crippen LogP contribution is -2.32. The van der Waals surface area contributed by atoms with Crippen LogP contribution in [-0.2, 0) is 0 Å². The summed E-state index contributed by atoms with van der Waals surface area (Å²) in [4.78, 5) is 21.0. The van der Waals surface area contributed by atoms with Crippen molar-refractivity contribution in [1.82, 2.24) is 15.3 Å². The Balaban J connectivity index is 1.48. The number of rotatable bonds is 5. The number of benzene rings is 1. The molecule has 0 saturated carbocycles. The van der Waals surface area contributed by atoms with Crippen molar-refractivity contribution in [2.45, 2.75) is 6.92 Å². The molecule has 0 bridgehead atoms. The summed E-state index contributed by atoms with van der Waals surface area (Å²) in [5.41, 5.74) is 1.59. The molecule has 2 N–H and O–H groups in total. The molecule has 142 valence electrons. The number of aryl methyl sites for hydroxylation is 1. The van der Waals surface area contributed by atoms with Gasteiger partial charge in [0.25, 0.3) is 0 Å². The fourth-order valence-corrected chi connectivity index (χ4v) is 2.97. The van der Waals surface area contributed by atoms with Crippen molar-refractivity contribution in [3.05, 3.63) is 70.7 Å². The number of urea groups is 1. The fourth-order valence-electron chi connectivity index (χ4n) is 2.16. The van der Waals surface area contributed by atoms with Crippen LogP contribution >= 0.6 is 11.3 Å². The summed E-state index contributed by atoms with van der Waals surface area (Å²) in [5, 5.41) is 5.74. The SMILES string of the molecule is Cc1nc(NC(=O)NCCOc2ccccc2F)sc1C#Cc1ccncc1. The Kier molecular flexibility index (Phi) is 6.54. The quantitative estimate of drug-likeness (QED) is 0.511. The first-order valence-corrected chi connectivity index (χ1v) is 9.25. The molecular formula is C20H17FN4O2S. The summed E-state index contributed by atoms with van der Waals surface area (Å²) in [6.07, 6.45) is 3.35. The maximum atomic E-state index is 13.4. The largest absolute Gasteiger partial charge is 0.489 e. The van der Waals surface area contributed by atoms with Gasteiger partial charge in [0.2, 0.25) is 0 Å². The molecule has 8 heteroatoms. The Labute approximate surface area is 165 Å². The maximum Gasteiger partial charge on any atom is 0.321 e. The first-order chi connectivity index (χ1) is 13.6. The number of anilines is 1. The molecule has 0 spiro atoms. The predicted molar refractivity (Wildman–Crippen MR) is 106 cm³/mol. The molecule has 3 rings (SSSR count). The smallest absolute Gasteiger partial charge is 0.321 e. The second kappa shape index (κ2) is 9.48. The molecule has 1 aromatic carbocycles. The summed E-state index contributed by atoms with van der Waals surface area (Å²) in [6, 6.07) is 9.33. The Morgan fingerprint density at radius 1 is 1.21 bits per heavy atom. The molecule has 28 heavy (non-hydrogen) atoms. The molecule has 2 amide bonds. The molecular weight excluding hydrogens is 379 g/mol. The van der Waals surface area contributed by atoms with Gasteiger partial charge in [0.15, 0.2) is 16.7 Å². The molecule has 0 atom stereocenters. The van der Waals surface area contributed by atoms with Crippen LogP contribution in [0.3, 0.4) is 0 Å². The third-order valence-electron chi connectivity index (χ3n) is 3.50. The van der Waals surface area contributed by atoms with E-state index in [0.29, 0.717) is 5.13 Å². The van der Waals surface area contributed by atoms with Crippen LogP contribution in [0.25, 0.3) is 0 Å². The number of pyridine rings is 1. The van der Waals surface area contributed by atoms with Gasteiger partial charge in [-0.05, 0) is 37.1 Å². The first kappa shape index (κ1) is 19.3. The van der Waals surface area contributed by atoms with E-state index in [1.54, 1.807) is 24.5 Å². The van der Waals surface area contributed by atoms with E-state index in [9.17, 15) is 9.18 Å². The second-order valence-corrected chi connectivity index (χ2v) is 6.58. The highest BCUT2D eigenvalue weighted by Gasteiger charge is 2.09. The highest BCUT2D eigenvalue weighted by molar-refractivity contribution is 7.16.